The van der Waals surface area contributed by atoms with Gasteiger partial charge in [-0.15, -0.1) is 11.3 Å². The molecule has 0 radical (unpaired) electrons. The Hall–Kier alpha value is -1.36. The molecule has 1 aliphatic rings. The van der Waals surface area contributed by atoms with E-state index in [4.69, 9.17) is 5.11 Å². The molecule has 2 N–H and O–H groups in total. The predicted octanol–water partition coefficient (Wildman–Crippen LogP) is 2.35. The minimum atomic E-state index is -0.755. The number of nitrogens with one attached hydrogen (secondary N) is 1. The maximum absolute atomic E-state index is 12.1. The van der Waals surface area contributed by atoms with Crippen LogP contribution in [0.2, 0.25) is 0 Å². The lowest BCUT2D eigenvalue weighted by Gasteiger charge is -2.12. The molecule has 0 bridgehead atoms. The van der Waals surface area contributed by atoms with Gasteiger partial charge in [-0.3, -0.25) is 9.59 Å². The second-order valence-corrected chi connectivity index (χ2v) is 6.31. The molecule has 18 heavy (non-hydrogen) atoms. The molecule has 1 aliphatic carbocycles. The van der Waals surface area contributed by atoms with Crippen LogP contribution in [0.15, 0.2) is 6.07 Å². The highest BCUT2D eigenvalue weighted by Gasteiger charge is 2.30. The Morgan fingerprint density at radius 2 is 2.11 bits per heavy atom. The molecular weight excluding hydrogens is 250 g/mol. The van der Waals surface area contributed by atoms with Crippen LogP contribution in [-0.2, 0) is 4.79 Å². The fourth-order valence-electron chi connectivity index (χ4n) is 2.46. The lowest BCUT2D eigenvalue weighted by Crippen LogP contribution is -2.33. The van der Waals surface area contributed by atoms with E-state index in [0.717, 1.165) is 21.7 Å². The highest BCUT2D eigenvalue weighted by atomic mass is 32.1. The van der Waals surface area contributed by atoms with E-state index in [1.54, 1.807) is 11.3 Å². The molecule has 0 unspecified atom stereocenters. The van der Waals surface area contributed by atoms with E-state index < -0.39 is 5.97 Å². The number of aryl methyl sites for hydroxylation is 2. The normalized spacial score (nSPS) is 23.0. The van der Waals surface area contributed by atoms with Gasteiger partial charge in [0.25, 0.3) is 5.91 Å². The molecule has 2 rings (SSSR count). The van der Waals surface area contributed by atoms with Crippen molar-refractivity contribution < 1.29 is 14.7 Å². The van der Waals surface area contributed by atoms with Gasteiger partial charge in [0, 0.05) is 15.8 Å². The molecular formula is C13H17NO3S. The van der Waals surface area contributed by atoms with Gasteiger partial charge in [-0.05, 0) is 39.2 Å². The first-order chi connectivity index (χ1) is 8.47. The minimum Gasteiger partial charge on any atom is -0.481 e. The highest BCUT2D eigenvalue weighted by Crippen LogP contribution is 2.27. The number of amides is 1. The van der Waals surface area contributed by atoms with E-state index in [1.807, 2.05) is 19.9 Å². The van der Waals surface area contributed by atoms with Gasteiger partial charge in [0.15, 0.2) is 0 Å². The summed E-state index contributed by atoms with van der Waals surface area (Å²) < 4.78 is 0. The van der Waals surface area contributed by atoms with Crippen molar-refractivity contribution in [2.75, 3.05) is 0 Å². The van der Waals surface area contributed by atoms with E-state index in [-0.39, 0.29) is 17.9 Å². The fraction of sp³-hybridized carbons (Fsp3) is 0.538. The average molecular weight is 267 g/mol. The summed E-state index contributed by atoms with van der Waals surface area (Å²) in [7, 11) is 0. The Morgan fingerprint density at radius 3 is 2.61 bits per heavy atom. The number of thiophene rings is 1. The molecule has 1 aromatic heterocycles. The van der Waals surface area contributed by atoms with Gasteiger partial charge in [0.1, 0.15) is 0 Å². The second-order valence-electron chi connectivity index (χ2n) is 4.85. The third-order valence-electron chi connectivity index (χ3n) is 3.40. The number of carbonyl (C=O) groups is 2. The van der Waals surface area contributed by atoms with Crippen molar-refractivity contribution in [3.8, 4) is 0 Å². The summed E-state index contributed by atoms with van der Waals surface area (Å²) in [4.78, 5) is 25.0. The van der Waals surface area contributed by atoms with Gasteiger partial charge >= 0.3 is 5.97 Å². The van der Waals surface area contributed by atoms with Crippen molar-refractivity contribution in [1.29, 1.82) is 0 Å². The lowest BCUT2D eigenvalue weighted by atomic mass is 10.1. The van der Waals surface area contributed by atoms with Crippen LogP contribution in [-0.4, -0.2) is 23.0 Å². The minimum absolute atomic E-state index is 0.00166. The van der Waals surface area contributed by atoms with Crippen LogP contribution in [0.1, 0.15) is 39.4 Å². The predicted molar refractivity (Wildman–Crippen MR) is 70.0 cm³/mol. The van der Waals surface area contributed by atoms with Crippen molar-refractivity contribution in [3.05, 3.63) is 21.4 Å². The number of carboxylic acid groups (broad SMARTS) is 1. The Labute approximate surface area is 110 Å². The molecule has 1 saturated carbocycles. The first kappa shape index (κ1) is 13.1. The largest absolute Gasteiger partial charge is 0.481 e. The molecule has 2 atom stereocenters. The number of carbonyl (C=O) groups excluding carboxylic acids is 1. The standard InChI is InChI=1S/C13H17NO3S/c1-7-5-11(8(2)18-7)12(15)14-10-4-3-9(6-10)13(16)17/h5,9-10H,3-4,6H2,1-2H3,(H,14,15)(H,16,17)/t9-,10+/m1/s1. The third-order valence-corrected chi connectivity index (χ3v) is 4.37. The van der Waals surface area contributed by atoms with E-state index in [9.17, 15) is 9.59 Å². The summed E-state index contributed by atoms with van der Waals surface area (Å²) in [6.45, 7) is 3.91. The van der Waals surface area contributed by atoms with E-state index in [1.165, 1.54) is 0 Å². The molecule has 1 aromatic rings. The van der Waals surface area contributed by atoms with Crippen LogP contribution in [0.5, 0.6) is 0 Å². The molecule has 98 valence electrons. The SMILES string of the molecule is Cc1cc(C(=O)N[C@H]2CC[C@@H](C(=O)O)C2)c(C)s1. The molecule has 0 aliphatic heterocycles. The quantitative estimate of drug-likeness (QED) is 0.883. The number of hydrogen-bond donors (Lipinski definition) is 2. The average Bonchev–Trinajstić information content (AvgIpc) is 2.85. The van der Waals surface area contributed by atoms with Gasteiger partial charge in [-0.1, -0.05) is 0 Å². The fourth-order valence-corrected chi connectivity index (χ4v) is 3.38. The van der Waals surface area contributed by atoms with Crippen LogP contribution in [0.3, 0.4) is 0 Å². The Kier molecular flexibility index (Phi) is 3.71. The Bertz CT molecular complexity index is 481. The van der Waals surface area contributed by atoms with E-state index in [0.29, 0.717) is 12.8 Å². The molecule has 5 heteroatoms. The monoisotopic (exact) mass is 267 g/mol. The van der Waals surface area contributed by atoms with Crippen molar-refractivity contribution in [2.45, 2.75) is 39.2 Å². The van der Waals surface area contributed by atoms with Gasteiger partial charge in [0.05, 0.1) is 11.5 Å². The maximum Gasteiger partial charge on any atom is 0.306 e. The Balaban J connectivity index is 1.97. The molecule has 1 heterocycles. The van der Waals surface area contributed by atoms with Crippen molar-refractivity contribution >= 4 is 23.2 Å². The molecule has 0 saturated heterocycles. The summed E-state index contributed by atoms with van der Waals surface area (Å²) >= 11 is 1.61. The van der Waals surface area contributed by atoms with E-state index >= 15 is 0 Å². The van der Waals surface area contributed by atoms with Gasteiger partial charge < -0.3 is 10.4 Å². The van der Waals surface area contributed by atoms with Crippen LogP contribution in [0.25, 0.3) is 0 Å². The van der Waals surface area contributed by atoms with Gasteiger partial charge in [-0.25, -0.2) is 0 Å². The van der Waals surface area contributed by atoms with Crippen molar-refractivity contribution in [1.82, 2.24) is 5.32 Å². The van der Waals surface area contributed by atoms with Crippen molar-refractivity contribution in [2.24, 2.45) is 5.92 Å². The molecule has 1 fully saturated rings. The van der Waals surface area contributed by atoms with Crippen LogP contribution >= 0.6 is 11.3 Å². The van der Waals surface area contributed by atoms with Crippen LogP contribution < -0.4 is 5.32 Å². The van der Waals surface area contributed by atoms with Crippen LogP contribution in [0.4, 0.5) is 0 Å². The molecule has 1 amide bonds. The number of carboxylic acids is 1. The Morgan fingerprint density at radius 1 is 1.39 bits per heavy atom. The smallest absolute Gasteiger partial charge is 0.306 e. The zero-order valence-electron chi connectivity index (χ0n) is 10.5. The number of rotatable bonds is 3. The summed E-state index contributed by atoms with van der Waals surface area (Å²) in [5.74, 6) is -1.14. The number of aliphatic carboxylic acids is 1. The zero-order chi connectivity index (χ0) is 13.3. The summed E-state index contributed by atoms with van der Waals surface area (Å²) in [6.07, 6.45) is 1.95. The van der Waals surface area contributed by atoms with Gasteiger partial charge in [-0.2, -0.15) is 0 Å². The molecule has 0 spiro atoms. The third kappa shape index (κ3) is 2.72. The van der Waals surface area contributed by atoms with Crippen LogP contribution in [0, 0.1) is 19.8 Å². The highest BCUT2D eigenvalue weighted by molar-refractivity contribution is 7.12. The van der Waals surface area contributed by atoms with E-state index in [2.05, 4.69) is 5.32 Å². The molecule has 0 aromatic carbocycles. The lowest BCUT2D eigenvalue weighted by molar-refractivity contribution is -0.141. The molecule has 4 nitrogen and oxygen atoms in total. The first-order valence-corrected chi connectivity index (χ1v) is 6.89. The summed E-state index contributed by atoms with van der Waals surface area (Å²) in [5.41, 5.74) is 0.719. The first-order valence-electron chi connectivity index (χ1n) is 6.08. The topological polar surface area (TPSA) is 66.4 Å². The number of hydrogen-bond acceptors (Lipinski definition) is 3. The van der Waals surface area contributed by atoms with Gasteiger partial charge in [0.2, 0.25) is 0 Å². The summed E-state index contributed by atoms with van der Waals surface area (Å²) in [5, 5.41) is 11.9. The maximum atomic E-state index is 12.1. The summed E-state index contributed by atoms with van der Waals surface area (Å²) in [6, 6.07) is 1.89. The zero-order valence-corrected chi connectivity index (χ0v) is 11.3. The second kappa shape index (κ2) is 5.10. The van der Waals surface area contributed by atoms with Crippen molar-refractivity contribution in [3.63, 3.8) is 0 Å².